The minimum absolute atomic E-state index is 0. The van der Waals surface area contributed by atoms with Gasteiger partial charge < -0.3 is 52.0 Å². The lowest BCUT2D eigenvalue weighted by Gasteiger charge is -2.26. The van der Waals surface area contributed by atoms with E-state index in [9.17, 15) is 28.8 Å². The Morgan fingerprint density at radius 3 is 1.21 bits per heavy atom. The zero-order valence-electron chi connectivity index (χ0n) is 44.1. The van der Waals surface area contributed by atoms with Crippen LogP contribution in [0.3, 0.4) is 0 Å². The zero-order chi connectivity index (χ0) is 53.9. The number of amides is 6. The molecule has 78 heavy (non-hydrogen) atoms. The van der Waals surface area contributed by atoms with Gasteiger partial charge in [0.05, 0.1) is 61.6 Å². The number of rotatable bonds is 18. The van der Waals surface area contributed by atoms with E-state index in [0.29, 0.717) is 35.5 Å². The lowest BCUT2D eigenvalue weighted by molar-refractivity contribution is -0.130. The molecule has 8 atom stereocenters. The van der Waals surface area contributed by atoms with Crippen LogP contribution in [0.25, 0.3) is 21.5 Å². The van der Waals surface area contributed by atoms with Crippen molar-refractivity contribution in [3.63, 3.8) is 0 Å². The lowest BCUT2D eigenvalue weighted by Crippen LogP contribution is -2.53. The van der Waals surface area contributed by atoms with Gasteiger partial charge in [-0.1, -0.05) is 109 Å². The van der Waals surface area contributed by atoms with E-state index in [1.807, 2.05) is 109 Å². The summed E-state index contributed by atoms with van der Waals surface area (Å²) in [5, 5.41) is 27.5. The molecule has 0 bridgehead atoms. The second-order valence-electron chi connectivity index (χ2n) is 18.9. The predicted molar refractivity (Wildman–Crippen MR) is 306 cm³/mol. The molecule has 0 aromatic heterocycles. The highest BCUT2D eigenvalue weighted by atomic mass is 35.5. The van der Waals surface area contributed by atoms with Gasteiger partial charge in [-0.2, -0.15) is 0 Å². The van der Waals surface area contributed by atoms with E-state index in [-0.39, 0.29) is 49.5 Å². The molecule has 0 heterocycles. The van der Waals surface area contributed by atoms with Gasteiger partial charge in [0.15, 0.2) is 0 Å². The molecule has 0 radical (unpaired) electrons. The van der Waals surface area contributed by atoms with Crippen LogP contribution in [0.1, 0.15) is 81.7 Å². The quantitative estimate of drug-likeness (QED) is 0.0503. The molecular weight excluding hydrogens is 1030 g/mol. The van der Waals surface area contributed by atoms with Gasteiger partial charge in [-0.15, -0.1) is 24.8 Å². The number of methoxy groups -OCH3 is 2. The van der Waals surface area contributed by atoms with Crippen LogP contribution in [0.2, 0.25) is 0 Å². The normalized spacial score (nSPS) is 17.2. The molecule has 0 unspecified atom stereocenters. The Labute approximate surface area is 466 Å². The highest BCUT2D eigenvalue weighted by molar-refractivity contribution is 6.03. The van der Waals surface area contributed by atoms with Gasteiger partial charge in [-0.05, 0) is 121 Å². The molecule has 8 rings (SSSR count). The largest absolute Gasteiger partial charge is 0.496 e. The van der Waals surface area contributed by atoms with Crippen molar-refractivity contribution in [2.24, 2.45) is 0 Å². The van der Waals surface area contributed by atoms with Crippen molar-refractivity contribution in [3.8, 4) is 35.2 Å². The van der Waals surface area contributed by atoms with Gasteiger partial charge >= 0.3 is 0 Å². The van der Waals surface area contributed by atoms with Gasteiger partial charge in [0.25, 0.3) is 11.8 Å². The van der Waals surface area contributed by atoms with Crippen molar-refractivity contribution >= 4 is 81.8 Å². The van der Waals surface area contributed by atoms with E-state index in [4.69, 9.17) is 9.47 Å². The molecule has 16 nitrogen and oxygen atoms in total. The zero-order valence-corrected chi connectivity index (χ0v) is 45.7. The molecule has 2 aliphatic carbocycles. The first kappa shape index (κ1) is 59.1. The number of ether oxygens (including phenoxy) is 2. The van der Waals surface area contributed by atoms with Crippen LogP contribution >= 0.6 is 24.8 Å². The minimum atomic E-state index is -1.13. The highest BCUT2D eigenvalue weighted by Crippen LogP contribution is 2.35. The maximum absolute atomic E-state index is 14.3. The van der Waals surface area contributed by atoms with Crippen LogP contribution in [-0.2, 0) is 32.0 Å². The summed E-state index contributed by atoms with van der Waals surface area (Å²) in [6.07, 6.45) is 0.599. The first-order valence-corrected chi connectivity index (χ1v) is 25.2. The van der Waals surface area contributed by atoms with Gasteiger partial charge in [0.2, 0.25) is 23.6 Å². The molecule has 6 amide bonds. The fraction of sp³-hybridized carbons (Fsp3) is 0.300. The maximum Gasteiger partial charge on any atom is 0.255 e. The first-order valence-electron chi connectivity index (χ1n) is 25.2. The Balaban J connectivity index is 0.00000492. The number of halogens is 2. The van der Waals surface area contributed by atoms with E-state index < -0.39 is 72.0 Å². The summed E-state index contributed by atoms with van der Waals surface area (Å²) in [6.45, 7) is 3.32. The summed E-state index contributed by atoms with van der Waals surface area (Å²) >= 11 is 0. The molecule has 0 aliphatic heterocycles. The topological polar surface area (TPSA) is 217 Å². The van der Waals surface area contributed by atoms with Crippen LogP contribution in [0.15, 0.2) is 121 Å². The monoisotopic (exact) mass is 1090 g/mol. The summed E-state index contributed by atoms with van der Waals surface area (Å²) in [7, 11) is 6.28. The van der Waals surface area contributed by atoms with Crippen molar-refractivity contribution in [1.29, 1.82) is 0 Å². The fourth-order valence-corrected chi connectivity index (χ4v) is 9.62. The summed E-state index contributed by atoms with van der Waals surface area (Å²) in [5.74, 6) is 9.50. The molecule has 18 heteroatoms. The average molecular weight is 1100 g/mol. The smallest absolute Gasteiger partial charge is 0.255 e. The summed E-state index contributed by atoms with van der Waals surface area (Å²) in [5.41, 5.74) is 4.24. The van der Waals surface area contributed by atoms with Crippen molar-refractivity contribution in [2.75, 3.05) is 28.3 Å². The Hall–Kier alpha value is -8.12. The van der Waals surface area contributed by atoms with Crippen LogP contribution in [0.5, 0.6) is 11.5 Å². The molecule has 406 valence electrons. The predicted octanol–water partition coefficient (Wildman–Crippen LogP) is 5.55. The Kier molecular flexibility index (Phi) is 20.7. The van der Waals surface area contributed by atoms with Gasteiger partial charge in [-0.25, -0.2) is 0 Å². The van der Waals surface area contributed by atoms with Crippen LogP contribution in [0.4, 0.5) is 0 Å². The van der Waals surface area contributed by atoms with Gasteiger partial charge in [0.1, 0.15) is 23.6 Å². The van der Waals surface area contributed by atoms with Crippen molar-refractivity contribution < 1.29 is 38.2 Å². The number of hydrogen-bond donors (Lipinski definition) is 8. The second-order valence-corrected chi connectivity index (χ2v) is 18.9. The minimum Gasteiger partial charge on any atom is -0.496 e. The van der Waals surface area contributed by atoms with Crippen molar-refractivity contribution in [1.82, 2.24) is 42.5 Å². The van der Waals surface area contributed by atoms with Crippen molar-refractivity contribution in [2.45, 2.75) is 87.9 Å². The molecule has 2 aliphatic rings. The third kappa shape index (κ3) is 13.7. The molecule has 0 spiro atoms. The Bertz CT molecular complexity index is 3110. The summed E-state index contributed by atoms with van der Waals surface area (Å²) in [6, 6.07) is 31.8. The van der Waals surface area contributed by atoms with E-state index in [2.05, 4.69) is 66.2 Å². The SMILES string of the molecule is CN[C@@H](C)C(=O)N[C@@H](CC#CC#CC[C@H](NC(=O)[C@H](C)NC)C(=O)N[C@H]1c2ccccc2C[C@@H]1NC(=O)c1cc2ccccc2cc1OC)C(=O)N[C@H]1c2ccccc2C[C@@H]1NC(=O)c1cc2ccccc2cc1OC.Cl.Cl. The first-order chi connectivity index (χ1) is 36.8. The van der Waals surface area contributed by atoms with Gasteiger partial charge in [0, 0.05) is 12.8 Å². The number of carbonyl (C=O) groups excluding carboxylic acids is 6. The van der Waals surface area contributed by atoms with E-state index in [1.165, 1.54) is 14.2 Å². The fourth-order valence-electron chi connectivity index (χ4n) is 9.62. The number of benzene rings is 6. The average Bonchev–Trinajstić information content (AvgIpc) is 4.00. The third-order valence-corrected chi connectivity index (χ3v) is 14.1. The van der Waals surface area contributed by atoms with E-state index in [0.717, 1.165) is 43.8 Å². The molecule has 0 saturated heterocycles. The van der Waals surface area contributed by atoms with Crippen LogP contribution in [0, 0.1) is 23.7 Å². The van der Waals surface area contributed by atoms with E-state index in [1.54, 1.807) is 40.1 Å². The second kappa shape index (κ2) is 27.3. The third-order valence-electron chi connectivity index (χ3n) is 14.1. The highest BCUT2D eigenvalue weighted by Gasteiger charge is 2.38. The standard InChI is InChI=1S/C60H62N8O8.2ClH/c1-35(61-3)55(69)63-47(59(73)67-53-43-25-17-15-23-41(43)31-49(53)65-57(71)45-29-37-19-11-13-21-39(37)33-51(45)75-5)27-9-7-8-10-28-48(64-56(70)36(2)62-4)60(74)68-54-44-26-18-16-24-42(44)32-50(54)66-58(72)46-30-38-20-12-14-22-40(38)34-52(46)76-6;;/h11-26,29-30,33-36,47-50,53-54,61-62H,27-28,31-32H2,1-6H3,(H,63,69)(H,64,70)(H,65,71)(H,66,72)(H,67,73)(H,68,74);2*1H/t35-,36-,47-,48-,49-,50-,53-,54-;;/m0../s1. The molecule has 6 aromatic carbocycles. The van der Waals surface area contributed by atoms with E-state index >= 15 is 0 Å². The van der Waals surface area contributed by atoms with Crippen LogP contribution in [-0.4, -0.2) is 100 Å². The molecular formula is C60H64Cl2N8O8. The number of carbonyl (C=O) groups is 6. The number of likely N-dealkylation sites (N-methyl/N-ethyl adjacent to an activating group) is 2. The molecule has 0 saturated carbocycles. The van der Waals surface area contributed by atoms with Crippen LogP contribution < -0.4 is 52.0 Å². The number of nitrogens with one attached hydrogen (secondary N) is 8. The molecule has 8 N–H and O–H groups in total. The Morgan fingerprint density at radius 2 is 0.846 bits per heavy atom. The van der Waals surface area contributed by atoms with Crippen molar-refractivity contribution in [3.05, 3.63) is 155 Å². The Morgan fingerprint density at radius 1 is 0.500 bits per heavy atom. The summed E-state index contributed by atoms with van der Waals surface area (Å²) < 4.78 is 11.3. The lowest BCUT2D eigenvalue weighted by atomic mass is 10.0. The summed E-state index contributed by atoms with van der Waals surface area (Å²) in [4.78, 5) is 83.2. The maximum atomic E-state index is 14.3. The number of hydrogen-bond acceptors (Lipinski definition) is 10. The number of fused-ring (bicyclic) bond motifs is 4. The molecule has 6 aromatic rings. The van der Waals surface area contributed by atoms with Gasteiger partial charge in [-0.3, -0.25) is 28.8 Å². The molecule has 0 fully saturated rings.